The van der Waals surface area contributed by atoms with Crippen molar-refractivity contribution in [3.8, 4) is 0 Å². The van der Waals surface area contributed by atoms with Gasteiger partial charge in [-0.2, -0.15) is 13.2 Å². The number of halogens is 3. The number of hydrogen-bond donors (Lipinski definition) is 1. The van der Waals surface area contributed by atoms with Gasteiger partial charge in [0.2, 0.25) is 5.91 Å². The number of carbonyl (C=O) groups is 1. The molecule has 0 spiro atoms. The van der Waals surface area contributed by atoms with Crippen LogP contribution in [0.25, 0.3) is 0 Å². The highest BCUT2D eigenvalue weighted by Crippen LogP contribution is 2.33. The lowest BCUT2D eigenvalue weighted by atomic mass is 9.90. The SMILES string of the molecule is CCCCC/C=C\C/C=C\CCCCCCC(Cc1ccccc1C(F)(F)F)C(N)=O. The minimum absolute atomic E-state index is 0.0414. The van der Waals surface area contributed by atoms with Crippen LogP contribution in [-0.4, -0.2) is 5.91 Å². The third-order valence-corrected chi connectivity index (χ3v) is 5.44. The maximum atomic E-state index is 13.2. The average molecular weight is 438 g/mol. The number of unbranched alkanes of at least 4 members (excludes halogenated alkanes) is 7. The Morgan fingerprint density at radius 2 is 1.55 bits per heavy atom. The third-order valence-electron chi connectivity index (χ3n) is 5.44. The van der Waals surface area contributed by atoms with Gasteiger partial charge in [0, 0.05) is 5.92 Å². The van der Waals surface area contributed by atoms with Gasteiger partial charge in [-0.25, -0.2) is 0 Å². The van der Waals surface area contributed by atoms with E-state index in [1.165, 1.54) is 31.4 Å². The van der Waals surface area contributed by atoms with Crippen molar-refractivity contribution in [1.29, 1.82) is 0 Å². The topological polar surface area (TPSA) is 43.1 Å². The zero-order chi connectivity index (χ0) is 23.0. The van der Waals surface area contributed by atoms with Gasteiger partial charge in [0.25, 0.3) is 0 Å². The first-order valence-electron chi connectivity index (χ1n) is 11.6. The molecule has 0 heterocycles. The van der Waals surface area contributed by atoms with Gasteiger partial charge in [0.05, 0.1) is 5.56 Å². The lowest BCUT2D eigenvalue weighted by molar-refractivity contribution is -0.138. The lowest BCUT2D eigenvalue weighted by Gasteiger charge is -2.17. The molecule has 0 saturated heterocycles. The first kappa shape index (κ1) is 27.0. The molecule has 1 aromatic carbocycles. The van der Waals surface area contributed by atoms with Crippen LogP contribution in [0.5, 0.6) is 0 Å². The summed E-state index contributed by atoms with van der Waals surface area (Å²) < 4.78 is 39.5. The Balaban J connectivity index is 2.25. The monoisotopic (exact) mass is 437 g/mol. The Bertz CT molecular complexity index is 679. The molecule has 0 aromatic heterocycles. The Morgan fingerprint density at radius 1 is 0.935 bits per heavy atom. The molecule has 0 bridgehead atoms. The van der Waals surface area contributed by atoms with Crippen molar-refractivity contribution in [2.75, 3.05) is 0 Å². The average Bonchev–Trinajstić information content (AvgIpc) is 2.72. The van der Waals surface area contributed by atoms with Crippen LogP contribution < -0.4 is 5.73 Å². The molecular formula is C26H38F3NO. The summed E-state index contributed by atoms with van der Waals surface area (Å²) in [5.41, 5.74) is 4.93. The van der Waals surface area contributed by atoms with E-state index in [0.717, 1.165) is 51.0 Å². The van der Waals surface area contributed by atoms with Crippen molar-refractivity contribution in [3.05, 3.63) is 59.7 Å². The van der Waals surface area contributed by atoms with Gasteiger partial charge >= 0.3 is 6.18 Å². The molecular weight excluding hydrogens is 399 g/mol. The number of allylic oxidation sites excluding steroid dienone is 4. The molecule has 1 rings (SSSR count). The van der Waals surface area contributed by atoms with Crippen molar-refractivity contribution in [2.24, 2.45) is 11.7 Å². The number of hydrogen-bond acceptors (Lipinski definition) is 1. The Morgan fingerprint density at radius 3 is 2.16 bits per heavy atom. The Hall–Kier alpha value is -2.04. The van der Waals surface area contributed by atoms with Crippen LogP contribution in [0.2, 0.25) is 0 Å². The summed E-state index contributed by atoms with van der Waals surface area (Å²) in [6.45, 7) is 2.21. The molecule has 2 nitrogen and oxygen atoms in total. The van der Waals surface area contributed by atoms with Crippen molar-refractivity contribution in [1.82, 2.24) is 0 Å². The summed E-state index contributed by atoms with van der Waals surface area (Å²) in [6, 6.07) is 5.43. The fraction of sp³-hybridized carbons (Fsp3) is 0.577. The van der Waals surface area contributed by atoms with Gasteiger partial charge in [0.1, 0.15) is 0 Å². The highest BCUT2D eigenvalue weighted by atomic mass is 19.4. The predicted octanol–water partition coefficient (Wildman–Crippen LogP) is 7.77. The van der Waals surface area contributed by atoms with Gasteiger partial charge in [-0.15, -0.1) is 0 Å². The van der Waals surface area contributed by atoms with Crippen LogP contribution in [0.15, 0.2) is 48.6 Å². The number of carbonyl (C=O) groups excluding carboxylic acids is 1. The minimum atomic E-state index is -4.42. The van der Waals surface area contributed by atoms with Gasteiger partial charge in [-0.1, -0.05) is 81.5 Å². The lowest BCUT2D eigenvalue weighted by Crippen LogP contribution is -2.26. The van der Waals surface area contributed by atoms with Crippen LogP contribution in [-0.2, 0) is 17.4 Å². The quantitative estimate of drug-likeness (QED) is 0.208. The summed E-state index contributed by atoms with van der Waals surface area (Å²) in [5.74, 6) is -1.09. The summed E-state index contributed by atoms with van der Waals surface area (Å²) in [4.78, 5) is 11.8. The van der Waals surface area contributed by atoms with Gasteiger partial charge in [-0.3, -0.25) is 4.79 Å². The van der Waals surface area contributed by atoms with Gasteiger partial charge in [0.15, 0.2) is 0 Å². The summed E-state index contributed by atoms with van der Waals surface area (Å²) >= 11 is 0. The number of nitrogens with two attached hydrogens (primary N) is 1. The number of alkyl halides is 3. The second-order valence-corrected chi connectivity index (χ2v) is 8.12. The van der Waals surface area contributed by atoms with E-state index in [1.54, 1.807) is 6.07 Å². The first-order chi connectivity index (χ1) is 14.9. The molecule has 0 fully saturated rings. The highest BCUT2D eigenvalue weighted by molar-refractivity contribution is 5.77. The van der Waals surface area contributed by atoms with E-state index in [-0.39, 0.29) is 12.0 Å². The molecule has 1 atom stereocenters. The molecule has 1 aromatic rings. The minimum Gasteiger partial charge on any atom is -0.369 e. The Labute approximate surface area is 185 Å². The zero-order valence-electron chi connectivity index (χ0n) is 18.8. The van der Waals surface area contributed by atoms with Crippen LogP contribution >= 0.6 is 0 Å². The van der Waals surface area contributed by atoms with Crippen molar-refractivity contribution in [3.63, 3.8) is 0 Å². The maximum Gasteiger partial charge on any atom is 0.416 e. The fourth-order valence-electron chi connectivity index (χ4n) is 3.61. The van der Waals surface area contributed by atoms with Crippen LogP contribution in [0.1, 0.15) is 88.7 Å². The highest BCUT2D eigenvalue weighted by Gasteiger charge is 2.33. The molecule has 0 radical (unpaired) electrons. The Kier molecular flexibility index (Phi) is 13.7. The van der Waals surface area contributed by atoms with E-state index in [9.17, 15) is 18.0 Å². The van der Waals surface area contributed by atoms with E-state index in [2.05, 4.69) is 31.2 Å². The van der Waals surface area contributed by atoms with Crippen LogP contribution in [0.4, 0.5) is 13.2 Å². The number of amides is 1. The fourth-order valence-corrected chi connectivity index (χ4v) is 3.61. The molecule has 1 amide bonds. The second kappa shape index (κ2) is 15.7. The molecule has 2 N–H and O–H groups in total. The van der Waals surface area contributed by atoms with E-state index >= 15 is 0 Å². The molecule has 5 heteroatoms. The largest absolute Gasteiger partial charge is 0.416 e. The van der Waals surface area contributed by atoms with Crippen LogP contribution in [0, 0.1) is 5.92 Å². The first-order valence-corrected chi connectivity index (χ1v) is 11.6. The van der Waals surface area contributed by atoms with E-state index < -0.39 is 23.6 Å². The van der Waals surface area contributed by atoms with Crippen molar-refractivity contribution >= 4 is 5.91 Å². The third kappa shape index (κ3) is 12.4. The molecule has 31 heavy (non-hydrogen) atoms. The molecule has 0 aliphatic carbocycles. The standard InChI is InChI=1S/C26H38F3NO/c1-2-3-4-5-6-7-8-9-10-11-12-13-14-15-19-23(25(30)31)21-22-18-16-17-20-24(22)26(27,28)29/h6-7,9-10,16-18,20,23H,2-5,8,11-15,19,21H2,1H3,(H2,30,31)/b7-6-,10-9-. The molecule has 0 saturated carbocycles. The second-order valence-electron chi connectivity index (χ2n) is 8.12. The van der Waals surface area contributed by atoms with Crippen molar-refractivity contribution in [2.45, 2.75) is 90.1 Å². The van der Waals surface area contributed by atoms with Gasteiger partial charge < -0.3 is 5.73 Å². The predicted molar refractivity (Wildman–Crippen MR) is 123 cm³/mol. The number of rotatable bonds is 16. The summed E-state index contributed by atoms with van der Waals surface area (Å²) in [6.07, 6.45) is 15.9. The smallest absolute Gasteiger partial charge is 0.369 e. The summed E-state index contributed by atoms with van der Waals surface area (Å²) in [7, 11) is 0. The summed E-state index contributed by atoms with van der Waals surface area (Å²) in [5, 5.41) is 0. The molecule has 1 unspecified atom stereocenters. The molecule has 174 valence electrons. The normalized spacial score (nSPS) is 13.3. The van der Waals surface area contributed by atoms with E-state index in [1.807, 2.05) is 0 Å². The molecule has 0 aliphatic heterocycles. The van der Waals surface area contributed by atoms with E-state index in [4.69, 9.17) is 5.73 Å². The molecule has 0 aliphatic rings. The van der Waals surface area contributed by atoms with Crippen LogP contribution in [0.3, 0.4) is 0 Å². The van der Waals surface area contributed by atoms with Crippen molar-refractivity contribution < 1.29 is 18.0 Å². The maximum absolute atomic E-state index is 13.2. The van der Waals surface area contributed by atoms with Gasteiger partial charge in [-0.05, 0) is 56.6 Å². The number of primary amides is 1. The van der Waals surface area contributed by atoms with E-state index in [0.29, 0.717) is 6.42 Å². The number of benzene rings is 1. The zero-order valence-corrected chi connectivity index (χ0v) is 18.8.